The van der Waals surface area contributed by atoms with Gasteiger partial charge in [0, 0.05) is 18.4 Å². The largest absolute Gasteiger partial charge is 0.310 e. The van der Waals surface area contributed by atoms with Crippen LogP contribution in [0.1, 0.15) is 23.6 Å². The molecular formula is C22H20N6O2S. The average molecular weight is 433 g/mol. The van der Waals surface area contributed by atoms with Crippen molar-refractivity contribution in [1.29, 1.82) is 0 Å². The summed E-state index contributed by atoms with van der Waals surface area (Å²) in [5.74, 6) is 0.975. The molecule has 1 N–H and O–H groups in total. The Balaban J connectivity index is 1.46. The molecule has 0 bridgehead atoms. The number of rotatable bonds is 4. The molecule has 1 aromatic carbocycles. The van der Waals surface area contributed by atoms with E-state index in [1.807, 2.05) is 50.2 Å². The number of carbonyl (C=O) groups excluding carboxylic acids is 1. The molecule has 8 nitrogen and oxygen atoms in total. The summed E-state index contributed by atoms with van der Waals surface area (Å²) in [6, 6.07) is 11.3. The van der Waals surface area contributed by atoms with Crippen molar-refractivity contribution in [2.75, 3.05) is 11.1 Å². The van der Waals surface area contributed by atoms with Gasteiger partial charge >= 0.3 is 0 Å². The average Bonchev–Trinajstić information content (AvgIpc) is 3.35. The van der Waals surface area contributed by atoms with Gasteiger partial charge < -0.3 is 5.32 Å². The molecule has 1 aliphatic heterocycles. The number of nitrogens with zero attached hydrogens (tertiary/aromatic N) is 5. The minimum absolute atomic E-state index is 0.171. The first kappa shape index (κ1) is 19.5. The lowest BCUT2D eigenvalue weighted by Gasteiger charge is -2.14. The van der Waals surface area contributed by atoms with E-state index in [9.17, 15) is 9.59 Å². The maximum Gasteiger partial charge on any atom is 0.265 e. The van der Waals surface area contributed by atoms with Crippen LogP contribution in [0.2, 0.25) is 0 Å². The van der Waals surface area contributed by atoms with Gasteiger partial charge in [-0.2, -0.15) is 5.10 Å². The van der Waals surface area contributed by atoms with Crippen LogP contribution in [0.3, 0.4) is 0 Å². The Morgan fingerprint density at radius 1 is 1.26 bits per heavy atom. The SMILES string of the molecule is Cc1cccc(-n2ncc3c(=O)n4c(nc32)SC[C@@H]4CC(=O)Nc2ncccc2C)c1. The predicted molar refractivity (Wildman–Crippen MR) is 120 cm³/mol. The van der Waals surface area contributed by atoms with Crippen LogP contribution in [0, 0.1) is 13.8 Å². The van der Waals surface area contributed by atoms with Crippen molar-refractivity contribution >= 4 is 34.5 Å². The van der Waals surface area contributed by atoms with Gasteiger partial charge in [-0.3, -0.25) is 14.2 Å². The van der Waals surface area contributed by atoms with Crippen molar-refractivity contribution in [1.82, 2.24) is 24.3 Å². The summed E-state index contributed by atoms with van der Waals surface area (Å²) in [5, 5.41) is 8.30. The number of pyridine rings is 1. The van der Waals surface area contributed by atoms with Gasteiger partial charge in [0.1, 0.15) is 11.2 Å². The third-order valence-corrected chi connectivity index (χ3v) is 6.40. The van der Waals surface area contributed by atoms with Crippen molar-refractivity contribution in [3.05, 3.63) is 70.3 Å². The third-order valence-electron chi connectivity index (χ3n) is 5.31. The van der Waals surface area contributed by atoms with Gasteiger partial charge in [0.2, 0.25) is 5.91 Å². The molecular weight excluding hydrogens is 412 g/mol. The predicted octanol–water partition coefficient (Wildman–Crippen LogP) is 3.27. The first-order valence-electron chi connectivity index (χ1n) is 9.93. The van der Waals surface area contributed by atoms with Gasteiger partial charge in [-0.25, -0.2) is 14.6 Å². The van der Waals surface area contributed by atoms with E-state index < -0.39 is 0 Å². The standard InChI is InChI=1S/C22H20N6O2S/c1-13-5-3-7-15(9-13)28-20-17(11-24-28)21(30)27-16(12-31-22(27)26-20)10-18(29)25-19-14(2)6-4-8-23-19/h3-9,11,16H,10,12H2,1-2H3,(H,23,25,29)/t16-/m0/s1. The van der Waals surface area contributed by atoms with E-state index in [1.165, 1.54) is 11.8 Å². The summed E-state index contributed by atoms with van der Waals surface area (Å²) in [4.78, 5) is 34.8. The molecule has 1 atom stereocenters. The van der Waals surface area contributed by atoms with Crippen LogP contribution >= 0.6 is 11.8 Å². The highest BCUT2D eigenvalue weighted by molar-refractivity contribution is 7.99. The normalized spacial score (nSPS) is 15.2. The van der Waals surface area contributed by atoms with E-state index in [0.29, 0.717) is 27.8 Å². The zero-order valence-corrected chi connectivity index (χ0v) is 17.9. The fourth-order valence-corrected chi connectivity index (χ4v) is 4.87. The molecule has 4 heterocycles. The topological polar surface area (TPSA) is 94.7 Å². The second-order valence-corrected chi connectivity index (χ2v) is 8.58. The summed E-state index contributed by atoms with van der Waals surface area (Å²) < 4.78 is 3.31. The van der Waals surface area contributed by atoms with Gasteiger partial charge in [-0.15, -0.1) is 0 Å². The summed E-state index contributed by atoms with van der Waals surface area (Å²) >= 11 is 1.48. The van der Waals surface area contributed by atoms with Gasteiger partial charge in [-0.1, -0.05) is 30.0 Å². The number of fused-ring (bicyclic) bond motifs is 2. The van der Waals surface area contributed by atoms with Crippen LogP contribution in [0.4, 0.5) is 5.82 Å². The van der Waals surface area contributed by atoms with E-state index in [1.54, 1.807) is 21.6 Å². The van der Waals surface area contributed by atoms with Crippen molar-refractivity contribution < 1.29 is 4.79 Å². The third kappa shape index (κ3) is 3.50. The van der Waals surface area contributed by atoms with E-state index in [2.05, 4.69) is 15.4 Å². The van der Waals surface area contributed by atoms with E-state index in [0.717, 1.165) is 16.8 Å². The maximum absolute atomic E-state index is 13.2. The first-order valence-corrected chi connectivity index (χ1v) is 10.9. The number of aromatic nitrogens is 5. The fourth-order valence-electron chi connectivity index (χ4n) is 3.74. The van der Waals surface area contributed by atoms with Crippen LogP contribution in [-0.4, -0.2) is 36.0 Å². The Bertz CT molecular complexity index is 1380. The number of anilines is 1. The fraction of sp³-hybridized carbons (Fsp3) is 0.227. The molecule has 0 saturated heterocycles. The van der Waals surface area contributed by atoms with Crippen molar-refractivity contribution in [3.63, 3.8) is 0 Å². The molecule has 156 valence electrons. The minimum atomic E-state index is -0.268. The number of thioether (sulfide) groups is 1. The van der Waals surface area contributed by atoms with Crippen LogP contribution in [0.5, 0.6) is 0 Å². The minimum Gasteiger partial charge on any atom is -0.310 e. The highest BCUT2D eigenvalue weighted by Crippen LogP contribution is 2.33. The highest BCUT2D eigenvalue weighted by Gasteiger charge is 2.29. The number of nitrogens with one attached hydrogen (secondary N) is 1. The zero-order chi connectivity index (χ0) is 21.5. The van der Waals surface area contributed by atoms with Crippen molar-refractivity contribution in [2.24, 2.45) is 0 Å². The molecule has 0 spiro atoms. The lowest BCUT2D eigenvalue weighted by Crippen LogP contribution is -2.28. The monoisotopic (exact) mass is 432 g/mol. The quantitative estimate of drug-likeness (QED) is 0.498. The van der Waals surface area contributed by atoms with E-state index in [4.69, 9.17) is 4.98 Å². The Morgan fingerprint density at radius 2 is 2.13 bits per heavy atom. The molecule has 0 fully saturated rings. The Labute approximate surface area is 182 Å². The highest BCUT2D eigenvalue weighted by atomic mass is 32.2. The molecule has 5 rings (SSSR count). The van der Waals surface area contributed by atoms with Crippen molar-refractivity contribution in [2.45, 2.75) is 31.5 Å². The number of amides is 1. The molecule has 0 unspecified atom stereocenters. The Kier molecular flexibility index (Phi) is 4.82. The number of hydrogen-bond acceptors (Lipinski definition) is 6. The van der Waals surface area contributed by atoms with Crippen LogP contribution < -0.4 is 10.9 Å². The summed E-state index contributed by atoms with van der Waals surface area (Å²) in [6.45, 7) is 3.90. The molecule has 0 radical (unpaired) electrons. The lowest BCUT2D eigenvalue weighted by molar-refractivity contribution is -0.116. The molecule has 4 aromatic rings. The second-order valence-electron chi connectivity index (χ2n) is 7.59. The van der Waals surface area contributed by atoms with Gasteiger partial charge in [0.25, 0.3) is 5.56 Å². The molecule has 1 amide bonds. The molecule has 0 saturated carbocycles. The molecule has 3 aromatic heterocycles. The zero-order valence-electron chi connectivity index (χ0n) is 17.1. The molecule has 9 heteroatoms. The first-order chi connectivity index (χ1) is 15.0. The maximum atomic E-state index is 13.2. The van der Waals surface area contributed by atoms with Crippen LogP contribution in [0.15, 0.2) is 58.7 Å². The molecule has 31 heavy (non-hydrogen) atoms. The molecule has 1 aliphatic rings. The summed E-state index contributed by atoms with van der Waals surface area (Å²) in [7, 11) is 0. The van der Waals surface area contributed by atoms with Crippen LogP contribution in [0.25, 0.3) is 16.7 Å². The Hall–Kier alpha value is -3.46. The number of benzene rings is 1. The summed E-state index contributed by atoms with van der Waals surface area (Å²) in [5.41, 5.74) is 3.21. The second kappa shape index (κ2) is 7.66. The summed E-state index contributed by atoms with van der Waals surface area (Å²) in [6.07, 6.45) is 3.37. The van der Waals surface area contributed by atoms with E-state index in [-0.39, 0.29) is 23.9 Å². The number of aryl methyl sites for hydroxylation is 2. The number of carbonyl (C=O) groups is 1. The van der Waals surface area contributed by atoms with Crippen molar-refractivity contribution in [3.8, 4) is 5.69 Å². The van der Waals surface area contributed by atoms with Crippen LogP contribution in [-0.2, 0) is 4.79 Å². The molecule has 0 aliphatic carbocycles. The lowest BCUT2D eigenvalue weighted by atomic mass is 10.2. The smallest absolute Gasteiger partial charge is 0.265 e. The van der Waals surface area contributed by atoms with Gasteiger partial charge in [0.15, 0.2) is 10.8 Å². The Morgan fingerprint density at radius 3 is 2.94 bits per heavy atom. The van der Waals surface area contributed by atoms with E-state index >= 15 is 0 Å². The van der Waals surface area contributed by atoms with Gasteiger partial charge in [0.05, 0.1) is 17.9 Å². The number of hydrogen-bond donors (Lipinski definition) is 1. The van der Waals surface area contributed by atoms with Gasteiger partial charge in [-0.05, 0) is 43.2 Å².